The van der Waals surface area contributed by atoms with Gasteiger partial charge in [0.25, 0.3) is 0 Å². The number of rotatable bonds is 1. The van der Waals surface area contributed by atoms with Crippen molar-refractivity contribution in [3.8, 4) is 0 Å². The molecule has 1 heteroatoms. The molecule has 0 bridgehead atoms. The van der Waals surface area contributed by atoms with Crippen LogP contribution in [-0.2, 0) is 0 Å². The molecule has 1 N–H and O–H groups in total. The summed E-state index contributed by atoms with van der Waals surface area (Å²) in [5.74, 6) is 0.554. The second kappa shape index (κ2) is 3.72. The highest BCUT2D eigenvalue weighted by molar-refractivity contribution is 5.11. The molecule has 2 atom stereocenters. The highest BCUT2D eigenvalue weighted by Gasteiger charge is 2.17. The zero-order valence-corrected chi connectivity index (χ0v) is 7.25. The molecule has 1 aliphatic rings. The van der Waals surface area contributed by atoms with E-state index in [9.17, 15) is 5.11 Å². The van der Waals surface area contributed by atoms with E-state index in [-0.39, 0.29) is 6.10 Å². The fourth-order valence-electron chi connectivity index (χ4n) is 1.47. The van der Waals surface area contributed by atoms with Gasteiger partial charge < -0.3 is 5.11 Å². The van der Waals surface area contributed by atoms with Crippen LogP contribution in [-0.4, -0.2) is 11.2 Å². The van der Waals surface area contributed by atoms with Crippen molar-refractivity contribution in [2.75, 3.05) is 0 Å². The third-order valence-corrected chi connectivity index (χ3v) is 2.26. The molecule has 0 saturated carbocycles. The summed E-state index contributed by atoms with van der Waals surface area (Å²) in [6.45, 7) is 4.02. The van der Waals surface area contributed by atoms with Crippen molar-refractivity contribution in [1.82, 2.24) is 0 Å². The molecule has 11 heavy (non-hydrogen) atoms. The molecular formula is C10H16O. The van der Waals surface area contributed by atoms with Crippen LogP contribution < -0.4 is 0 Å². The topological polar surface area (TPSA) is 20.2 Å². The molecule has 0 amide bonds. The first-order valence-corrected chi connectivity index (χ1v) is 4.21. The minimum atomic E-state index is -0.204. The Kier molecular flexibility index (Phi) is 2.89. The summed E-state index contributed by atoms with van der Waals surface area (Å²) in [7, 11) is 0. The second-order valence-electron chi connectivity index (χ2n) is 3.22. The van der Waals surface area contributed by atoms with Crippen LogP contribution in [0.1, 0.15) is 26.7 Å². The highest BCUT2D eigenvalue weighted by Crippen LogP contribution is 2.24. The van der Waals surface area contributed by atoms with Crippen LogP contribution in [0.4, 0.5) is 0 Å². The van der Waals surface area contributed by atoms with E-state index < -0.39 is 0 Å². The number of aliphatic hydroxyl groups is 1. The van der Waals surface area contributed by atoms with Crippen molar-refractivity contribution in [2.24, 2.45) is 5.92 Å². The lowest BCUT2D eigenvalue weighted by atomic mass is 9.88. The third-order valence-electron chi connectivity index (χ3n) is 2.26. The number of allylic oxidation sites excluding steroid dienone is 3. The van der Waals surface area contributed by atoms with Gasteiger partial charge in [0, 0.05) is 0 Å². The molecule has 0 aromatic heterocycles. The van der Waals surface area contributed by atoms with E-state index in [0.717, 1.165) is 18.4 Å². The molecule has 2 unspecified atom stereocenters. The van der Waals surface area contributed by atoms with Crippen molar-refractivity contribution in [3.05, 3.63) is 23.8 Å². The highest BCUT2D eigenvalue weighted by atomic mass is 16.3. The summed E-state index contributed by atoms with van der Waals surface area (Å²) >= 11 is 0. The summed E-state index contributed by atoms with van der Waals surface area (Å²) < 4.78 is 0. The average molecular weight is 152 g/mol. The Morgan fingerprint density at radius 3 is 2.91 bits per heavy atom. The van der Waals surface area contributed by atoms with Crippen LogP contribution in [0.5, 0.6) is 0 Å². The van der Waals surface area contributed by atoms with Crippen molar-refractivity contribution < 1.29 is 5.11 Å². The van der Waals surface area contributed by atoms with Gasteiger partial charge in [-0.05, 0) is 38.2 Å². The van der Waals surface area contributed by atoms with Crippen LogP contribution in [0.2, 0.25) is 0 Å². The summed E-state index contributed by atoms with van der Waals surface area (Å²) in [4.78, 5) is 0. The van der Waals surface area contributed by atoms with E-state index in [4.69, 9.17) is 0 Å². The first-order valence-electron chi connectivity index (χ1n) is 4.21. The van der Waals surface area contributed by atoms with Gasteiger partial charge in [-0.2, -0.15) is 0 Å². The average Bonchev–Trinajstić information content (AvgIpc) is 1.98. The molecule has 0 radical (unpaired) electrons. The fraction of sp³-hybridized carbons (Fsp3) is 0.600. The van der Waals surface area contributed by atoms with E-state index in [1.54, 1.807) is 0 Å². The summed E-state index contributed by atoms with van der Waals surface area (Å²) in [5, 5.41) is 9.47. The van der Waals surface area contributed by atoms with Gasteiger partial charge in [0.1, 0.15) is 0 Å². The molecule has 0 aliphatic heterocycles. The molecule has 62 valence electrons. The molecule has 0 saturated heterocycles. The maximum Gasteiger partial charge on any atom is 0.0753 e. The van der Waals surface area contributed by atoms with Gasteiger partial charge in [0.15, 0.2) is 0 Å². The molecule has 1 rings (SSSR count). The van der Waals surface area contributed by atoms with Crippen LogP contribution in [0.25, 0.3) is 0 Å². The summed E-state index contributed by atoms with van der Waals surface area (Å²) in [6, 6.07) is 0. The fourth-order valence-corrected chi connectivity index (χ4v) is 1.47. The Morgan fingerprint density at radius 2 is 2.36 bits per heavy atom. The van der Waals surface area contributed by atoms with Gasteiger partial charge in [-0.3, -0.25) is 0 Å². The monoisotopic (exact) mass is 152 g/mol. The standard InChI is InChI=1S/C10H16O/c1-3-4-9-6-5-8(2)10(11)7-9/h3-5,9-11H,6-7H2,1-2H3/b4-3-. The molecule has 0 heterocycles. The normalized spacial score (nSPS) is 32.5. The molecule has 0 spiro atoms. The van der Waals surface area contributed by atoms with Gasteiger partial charge in [0.2, 0.25) is 0 Å². The van der Waals surface area contributed by atoms with Crippen molar-refractivity contribution in [3.63, 3.8) is 0 Å². The largest absolute Gasteiger partial charge is 0.389 e. The first kappa shape index (κ1) is 8.54. The second-order valence-corrected chi connectivity index (χ2v) is 3.22. The first-order chi connectivity index (χ1) is 5.24. The van der Waals surface area contributed by atoms with Crippen LogP contribution in [0, 0.1) is 5.92 Å². The van der Waals surface area contributed by atoms with Crippen molar-refractivity contribution in [2.45, 2.75) is 32.8 Å². The summed E-state index contributed by atoms with van der Waals surface area (Å²) in [5.41, 5.74) is 1.13. The molecule has 0 aromatic carbocycles. The number of aliphatic hydroxyl groups excluding tert-OH is 1. The Morgan fingerprint density at radius 1 is 1.64 bits per heavy atom. The lowest BCUT2D eigenvalue weighted by molar-refractivity contribution is 0.177. The molecule has 0 aromatic rings. The van der Waals surface area contributed by atoms with E-state index >= 15 is 0 Å². The molecule has 1 nitrogen and oxygen atoms in total. The van der Waals surface area contributed by atoms with E-state index in [1.165, 1.54) is 0 Å². The predicted molar refractivity (Wildman–Crippen MR) is 47.3 cm³/mol. The predicted octanol–water partition coefficient (Wildman–Crippen LogP) is 2.28. The molecular weight excluding hydrogens is 136 g/mol. The Balaban J connectivity index is 2.55. The minimum Gasteiger partial charge on any atom is -0.389 e. The SMILES string of the molecule is C/C=C\C1CC=C(C)C(O)C1. The number of hydrogen-bond donors (Lipinski definition) is 1. The summed E-state index contributed by atoms with van der Waals surface area (Å²) in [6.07, 6.45) is 8.15. The smallest absolute Gasteiger partial charge is 0.0753 e. The van der Waals surface area contributed by atoms with Crippen molar-refractivity contribution in [1.29, 1.82) is 0 Å². The maximum absolute atomic E-state index is 9.47. The number of hydrogen-bond acceptors (Lipinski definition) is 1. The zero-order chi connectivity index (χ0) is 8.27. The van der Waals surface area contributed by atoms with Gasteiger partial charge in [0.05, 0.1) is 6.10 Å². The molecule has 0 fully saturated rings. The Labute approximate surface area is 68.4 Å². The van der Waals surface area contributed by atoms with Crippen LogP contribution in [0.3, 0.4) is 0 Å². The maximum atomic E-state index is 9.47. The van der Waals surface area contributed by atoms with Gasteiger partial charge in [-0.25, -0.2) is 0 Å². The lowest BCUT2D eigenvalue weighted by Crippen LogP contribution is -2.17. The van der Waals surface area contributed by atoms with Crippen molar-refractivity contribution >= 4 is 0 Å². The quantitative estimate of drug-likeness (QED) is 0.571. The lowest BCUT2D eigenvalue weighted by Gasteiger charge is -2.22. The van der Waals surface area contributed by atoms with E-state index in [1.807, 2.05) is 13.8 Å². The van der Waals surface area contributed by atoms with Gasteiger partial charge in [-0.15, -0.1) is 0 Å². The Bertz CT molecular complexity index is 179. The zero-order valence-electron chi connectivity index (χ0n) is 7.25. The van der Waals surface area contributed by atoms with Gasteiger partial charge in [-0.1, -0.05) is 18.2 Å². The van der Waals surface area contributed by atoms with Crippen LogP contribution in [0.15, 0.2) is 23.8 Å². The third kappa shape index (κ3) is 2.19. The Hall–Kier alpha value is -0.560. The van der Waals surface area contributed by atoms with E-state index in [2.05, 4.69) is 18.2 Å². The van der Waals surface area contributed by atoms with Crippen LogP contribution >= 0.6 is 0 Å². The minimum absolute atomic E-state index is 0.204. The van der Waals surface area contributed by atoms with Gasteiger partial charge >= 0.3 is 0 Å². The van der Waals surface area contributed by atoms with E-state index in [0.29, 0.717) is 5.92 Å². The molecule has 1 aliphatic carbocycles.